The fourth-order valence-electron chi connectivity index (χ4n) is 2.31. The lowest BCUT2D eigenvalue weighted by atomic mass is 10.1. The standard InChI is InChI=1S/C12H21N3OS2/c1-3-10-12(18-6-5-17-10)9(16)7-11-13-8-14-15(11)4-2/h8-10,12,16H,3-7H2,1-2H3. The second-order valence-electron chi connectivity index (χ2n) is 4.42. The van der Waals surface area contributed by atoms with Gasteiger partial charge in [-0.25, -0.2) is 4.98 Å². The third-order valence-electron chi connectivity index (χ3n) is 3.26. The lowest BCUT2D eigenvalue weighted by Gasteiger charge is -2.33. The maximum atomic E-state index is 10.5. The van der Waals surface area contributed by atoms with E-state index in [4.69, 9.17) is 0 Å². The Balaban J connectivity index is 1.99. The van der Waals surface area contributed by atoms with Crippen LogP contribution in [0.1, 0.15) is 26.1 Å². The smallest absolute Gasteiger partial charge is 0.138 e. The number of thioether (sulfide) groups is 2. The Morgan fingerprint density at radius 1 is 1.44 bits per heavy atom. The summed E-state index contributed by atoms with van der Waals surface area (Å²) < 4.78 is 1.87. The van der Waals surface area contributed by atoms with Crippen LogP contribution in [0.5, 0.6) is 0 Å². The van der Waals surface area contributed by atoms with Gasteiger partial charge in [-0.2, -0.15) is 28.6 Å². The molecular weight excluding hydrogens is 266 g/mol. The SMILES string of the molecule is CCC1SCCSC1C(O)Cc1ncnn1CC. The Morgan fingerprint density at radius 2 is 2.22 bits per heavy atom. The first kappa shape index (κ1) is 14.2. The van der Waals surface area contributed by atoms with Gasteiger partial charge in [-0.1, -0.05) is 6.92 Å². The van der Waals surface area contributed by atoms with Gasteiger partial charge in [0.1, 0.15) is 12.2 Å². The zero-order chi connectivity index (χ0) is 13.0. The van der Waals surface area contributed by atoms with Crippen LogP contribution in [-0.2, 0) is 13.0 Å². The third kappa shape index (κ3) is 3.22. The molecule has 1 aromatic rings. The Labute approximate surface area is 117 Å². The summed E-state index contributed by atoms with van der Waals surface area (Å²) in [5.41, 5.74) is 0. The molecule has 0 aromatic carbocycles. The van der Waals surface area contributed by atoms with Crippen LogP contribution in [0.15, 0.2) is 6.33 Å². The molecule has 1 N–H and O–H groups in total. The molecule has 2 rings (SSSR count). The van der Waals surface area contributed by atoms with E-state index in [-0.39, 0.29) is 6.10 Å². The molecule has 0 saturated carbocycles. The lowest BCUT2D eigenvalue weighted by Crippen LogP contribution is -2.37. The van der Waals surface area contributed by atoms with E-state index in [2.05, 4.69) is 17.0 Å². The van der Waals surface area contributed by atoms with E-state index in [1.54, 1.807) is 6.33 Å². The molecule has 2 heterocycles. The van der Waals surface area contributed by atoms with Crippen molar-refractivity contribution in [3.8, 4) is 0 Å². The van der Waals surface area contributed by atoms with Gasteiger partial charge in [-0.05, 0) is 13.3 Å². The summed E-state index contributed by atoms with van der Waals surface area (Å²) in [5.74, 6) is 3.25. The van der Waals surface area contributed by atoms with Crippen LogP contribution in [0, 0.1) is 0 Å². The number of nitrogens with zero attached hydrogens (tertiary/aromatic N) is 3. The highest BCUT2D eigenvalue weighted by molar-refractivity contribution is 8.07. The highest BCUT2D eigenvalue weighted by atomic mass is 32.2. The fraction of sp³-hybridized carbons (Fsp3) is 0.833. The molecule has 3 atom stereocenters. The summed E-state index contributed by atoms with van der Waals surface area (Å²) in [6, 6.07) is 0. The zero-order valence-corrected chi connectivity index (χ0v) is 12.6. The highest BCUT2D eigenvalue weighted by Crippen LogP contribution is 2.35. The Hall–Kier alpha value is -0.200. The van der Waals surface area contributed by atoms with Crippen LogP contribution >= 0.6 is 23.5 Å². The van der Waals surface area contributed by atoms with Gasteiger partial charge in [0, 0.05) is 35.0 Å². The molecule has 4 nitrogen and oxygen atoms in total. The van der Waals surface area contributed by atoms with Gasteiger partial charge >= 0.3 is 0 Å². The third-order valence-corrected chi connectivity index (χ3v) is 6.65. The summed E-state index contributed by atoms with van der Waals surface area (Å²) in [6.07, 6.45) is 3.00. The number of hydrogen-bond donors (Lipinski definition) is 1. The quantitative estimate of drug-likeness (QED) is 0.895. The second kappa shape index (κ2) is 6.82. The number of aromatic nitrogens is 3. The molecule has 1 saturated heterocycles. The highest BCUT2D eigenvalue weighted by Gasteiger charge is 2.31. The first-order chi connectivity index (χ1) is 8.76. The van der Waals surface area contributed by atoms with Crippen LogP contribution in [-0.4, -0.2) is 48.0 Å². The first-order valence-electron chi connectivity index (χ1n) is 6.54. The van der Waals surface area contributed by atoms with Gasteiger partial charge in [0.25, 0.3) is 0 Å². The topological polar surface area (TPSA) is 50.9 Å². The van der Waals surface area contributed by atoms with E-state index in [1.807, 2.05) is 35.1 Å². The van der Waals surface area contributed by atoms with Gasteiger partial charge in [0.05, 0.1) is 6.10 Å². The Bertz CT molecular complexity index is 372. The molecule has 0 aliphatic carbocycles. The van der Waals surface area contributed by atoms with Crippen LogP contribution in [0.2, 0.25) is 0 Å². The molecule has 18 heavy (non-hydrogen) atoms. The predicted octanol–water partition coefficient (Wildman–Crippen LogP) is 1.83. The second-order valence-corrected chi connectivity index (χ2v) is 7.05. The number of aliphatic hydroxyl groups is 1. The molecule has 0 spiro atoms. The molecule has 3 unspecified atom stereocenters. The van der Waals surface area contributed by atoms with Gasteiger partial charge in [0.15, 0.2) is 0 Å². The van der Waals surface area contributed by atoms with Gasteiger partial charge < -0.3 is 5.11 Å². The van der Waals surface area contributed by atoms with Crippen LogP contribution < -0.4 is 0 Å². The number of hydrogen-bond acceptors (Lipinski definition) is 5. The summed E-state index contributed by atoms with van der Waals surface area (Å²) >= 11 is 3.91. The molecule has 0 amide bonds. The maximum Gasteiger partial charge on any atom is 0.138 e. The van der Waals surface area contributed by atoms with Crippen molar-refractivity contribution in [2.75, 3.05) is 11.5 Å². The van der Waals surface area contributed by atoms with E-state index in [9.17, 15) is 5.11 Å². The average Bonchev–Trinajstić information content (AvgIpc) is 2.85. The molecular formula is C12H21N3OS2. The Kier molecular flexibility index (Phi) is 5.38. The molecule has 6 heteroatoms. The van der Waals surface area contributed by atoms with Gasteiger partial charge in [0.2, 0.25) is 0 Å². The number of aliphatic hydroxyl groups excluding tert-OH is 1. The monoisotopic (exact) mass is 287 g/mol. The molecule has 1 fully saturated rings. The molecule has 0 bridgehead atoms. The van der Waals surface area contributed by atoms with E-state index in [0.29, 0.717) is 16.9 Å². The minimum Gasteiger partial charge on any atom is -0.391 e. The largest absolute Gasteiger partial charge is 0.391 e. The van der Waals surface area contributed by atoms with Crippen molar-refractivity contribution >= 4 is 23.5 Å². The van der Waals surface area contributed by atoms with E-state index >= 15 is 0 Å². The average molecular weight is 287 g/mol. The molecule has 102 valence electrons. The van der Waals surface area contributed by atoms with Crippen molar-refractivity contribution in [2.45, 2.75) is 49.8 Å². The number of rotatable bonds is 5. The van der Waals surface area contributed by atoms with Crippen molar-refractivity contribution in [3.05, 3.63) is 12.2 Å². The van der Waals surface area contributed by atoms with Gasteiger partial charge in [-0.3, -0.25) is 4.68 Å². The minimum absolute atomic E-state index is 0.317. The first-order valence-corrected chi connectivity index (χ1v) is 8.64. The van der Waals surface area contributed by atoms with Crippen molar-refractivity contribution in [1.29, 1.82) is 0 Å². The van der Waals surface area contributed by atoms with Crippen LogP contribution in [0.4, 0.5) is 0 Å². The van der Waals surface area contributed by atoms with Crippen molar-refractivity contribution < 1.29 is 5.11 Å². The molecule has 0 radical (unpaired) electrons. The van der Waals surface area contributed by atoms with E-state index in [0.717, 1.165) is 24.5 Å². The van der Waals surface area contributed by atoms with Crippen LogP contribution in [0.3, 0.4) is 0 Å². The van der Waals surface area contributed by atoms with Crippen molar-refractivity contribution in [1.82, 2.24) is 14.8 Å². The lowest BCUT2D eigenvalue weighted by molar-refractivity contribution is 0.165. The zero-order valence-electron chi connectivity index (χ0n) is 11.0. The van der Waals surface area contributed by atoms with Gasteiger partial charge in [-0.15, -0.1) is 0 Å². The Morgan fingerprint density at radius 3 is 2.94 bits per heavy atom. The fourth-order valence-corrected chi connectivity index (χ4v) is 5.46. The predicted molar refractivity (Wildman–Crippen MR) is 78.2 cm³/mol. The summed E-state index contributed by atoms with van der Waals surface area (Å²) in [5, 5.41) is 15.5. The van der Waals surface area contributed by atoms with Crippen molar-refractivity contribution in [3.63, 3.8) is 0 Å². The normalized spacial score (nSPS) is 26.2. The summed E-state index contributed by atoms with van der Waals surface area (Å²) in [7, 11) is 0. The van der Waals surface area contributed by atoms with E-state index in [1.165, 1.54) is 5.75 Å². The minimum atomic E-state index is -0.317. The van der Waals surface area contributed by atoms with Crippen molar-refractivity contribution in [2.24, 2.45) is 0 Å². The molecule has 1 aromatic heterocycles. The van der Waals surface area contributed by atoms with E-state index < -0.39 is 0 Å². The summed E-state index contributed by atoms with van der Waals surface area (Å²) in [4.78, 5) is 4.25. The molecule has 1 aliphatic rings. The van der Waals surface area contributed by atoms with Crippen LogP contribution in [0.25, 0.3) is 0 Å². The molecule has 1 aliphatic heterocycles. The summed E-state index contributed by atoms with van der Waals surface area (Å²) in [6.45, 7) is 5.06. The number of aryl methyl sites for hydroxylation is 1. The maximum absolute atomic E-state index is 10.5.